The van der Waals surface area contributed by atoms with Gasteiger partial charge in [-0.1, -0.05) is 6.92 Å². The molecule has 0 saturated heterocycles. The fraction of sp³-hybridized carbons (Fsp3) is 0.500. The van der Waals surface area contributed by atoms with Gasteiger partial charge in [0.25, 0.3) is 5.69 Å². The van der Waals surface area contributed by atoms with Crippen LogP contribution in [-0.4, -0.2) is 22.7 Å². The zero-order valence-electron chi connectivity index (χ0n) is 10.6. The Morgan fingerprint density at radius 3 is 2.61 bits per heavy atom. The summed E-state index contributed by atoms with van der Waals surface area (Å²) in [5.41, 5.74) is 1.50. The molecule has 0 bridgehead atoms. The summed E-state index contributed by atoms with van der Waals surface area (Å²) in [4.78, 5) is 10.4. The lowest BCUT2D eigenvalue weighted by Gasteiger charge is -2.21. The van der Waals surface area contributed by atoms with Crippen LogP contribution >= 0.6 is 15.9 Å². The van der Waals surface area contributed by atoms with Gasteiger partial charge in [-0.25, -0.2) is 0 Å². The number of aryl methyl sites for hydroxylation is 1. The molecular weight excluding hydrogens is 300 g/mol. The number of halogens is 1. The van der Waals surface area contributed by atoms with Crippen LogP contribution in [0.2, 0.25) is 0 Å². The summed E-state index contributed by atoms with van der Waals surface area (Å²) in [6.45, 7) is 5.70. The Kier molecular flexibility index (Phi) is 5.10. The van der Waals surface area contributed by atoms with Gasteiger partial charge in [0.2, 0.25) is 0 Å². The molecule has 1 aromatic rings. The lowest BCUT2D eigenvalue weighted by Crippen LogP contribution is -2.26. The van der Waals surface area contributed by atoms with Gasteiger partial charge < -0.3 is 10.4 Å². The predicted octanol–water partition coefficient (Wildman–Crippen LogP) is 3.09. The predicted molar refractivity (Wildman–Crippen MR) is 74.9 cm³/mol. The molecule has 100 valence electrons. The molecule has 0 radical (unpaired) electrons. The van der Waals surface area contributed by atoms with Crippen LogP contribution in [0.4, 0.5) is 11.4 Å². The highest BCUT2D eigenvalue weighted by Crippen LogP contribution is 2.31. The minimum atomic E-state index is -0.399. The Hall–Kier alpha value is -1.14. The first-order chi connectivity index (χ1) is 8.36. The average Bonchev–Trinajstić information content (AvgIpc) is 2.31. The summed E-state index contributed by atoms with van der Waals surface area (Å²) in [5.74, 6) is 0.104. The van der Waals surface area contributed by atoms with Crippen molar-refractivity contribution in [2.24, 2.45) is 5.92 Å². The molecule has 0 saturated carbocycles. The highest BCUT2D eigenvalue weighted by molar-refractivity contribution is 9.10. The van der Waals surface area contributed by atoms with Gasteiger partial charge in [0.05, 0.1) is 4.92 Å². The second-order valence-electron chi connectivity index (χ2n) is 4.47. The third-order valence-electron chi connectivity index (χ3n) is 3.01. The van der Waals surface area contributed by atoms with E-state index in [1.54, 1.807) is 13.0 Å². The Bertz CT molecular complexity index is 451. The Labute approximate surface area is 114 Å². The van der Waals surface area contributed by atoms with Crippen LogP contribution in [0.15, 0.2) is 16.6 Å². The second kappa shape index (κ2) is 6.15. The number of anilines is 1. The first-order valence-electron chi connectivity index (χ1n) is 5.68. The Balaban J connectivity index is 2.98. The number of nitro groups is 1. The molecule has 0 amide bonds. The van der Waals surface area contributed by atoms with E-state index in [-0.39, 0.29) is 24.3 Å². The summed E-state index contributed by atoms with van der Waals surface area (Å²) in [6.07, 6.45) is 0. The van der Waals surface area contributed by atoms with Crippen LogP contribution in [0, 0.1) is 23.0 Å². The molecule has 18 heavy (non-hydrogen) atoms. The molecule has 0 heterocycles. The van der Waals surface area contributed by atoms with Crippen LogP contribution in [0.1, 0.15) is 19.4 Å². The number of benzene rings is 1. The van der Waals surface area contributed by atoms with Crippen molar-refractivity contribution in [3.8, 4) is 0 Å². The molecule has 0 aliphatic rings. The minimum Gasteiger partial charge on any atom is -0.396 e. The maximum Gasteiger partial charge on any atom is 0.273 e. The van der Waals surface area contributed by atoms with Gasteiger partial charge in [0.1, 0.15) is 0 Å². The first-order valence-corrected chi connectivity index (χ1v) is 6.48. The molecule has 1 rings (SSSR count). The molecule has 0 fully saturated rings. The number of rotatable bonds is 5. The van der Waals surface area contributed by atoms with Crippen molar-refractivity contribution >= 4 is 27.3 Å². The van der Waals surface area contributed by atoms with E-state index in [9.17, 15) is 10.1 Å². The number of nitrogens with one attached hydrogen (secondary N) is 1. The van der Waals surface area contributed by atoms with Gasteiger partial charge in [-0.2, -0.15) is 0 Å². The molecule has 5 nitrogen and oxygen atoms in total. The summed E-state index contributed by atoms with van der Waals surface area (Å²) in [6, 6.07) is 3.31. The number of hydrogen-bond donors (Lipinski definition) is 2. The van der Waals surface area contributed by atoms with E-state index in [0.29, 0.717) is 10.0 Å². The lowest BCUT2D eigenvalue weighted by atomic mass is 10.0. The Morgan fingerprint density at radius 1 is 1.50 bits per heavy atom. The van der Waals surface area contributed by atoms with Crippen molar-refractivity contribution in [3.63, 3.8) is 0 Å². The fourth-order valence-electron chi connectivity index (χ4n) is 1.52. The summed E-state index contributed by atoms with van der Waals surface area (Å²) < 4.78 is 0.650. The number of aliphatic hydroxyl groups is 1. The van der Waals surface area contributed by atoms with E-state index in [4.69, 9.17) is 5.11 Å². The van der Waals surface area contributed by atoms with Crippen molar-refractivity contribution < 1.29 is 10.0 Å². The molecule has 0 spiro atoms. The van der Waals surface area contributed by atoms with E-state index in [1.165, 1.54) is 6.07 Å². The molecular formula is C12H17BrN2O3. The van der Waals surface area contributed by atoms with Crippen molar-refractivity contribution in [2.75, 3.05) is 11.9 Å². The highest BCUT2D eigenvalue weighted by Gasteiger charge is 2.17. The summed E-state index contributed by atoms with van der Waals surface area (Å²) in [7, 11) is 0. The first kappa shape index (κ1) is 14.9. The molecule has 6 heteroatoms. The van der Waals surface area contributed by atoms with Gasteiger partial charge in [0, 0.05) is 34.4 Å². The van der Waals surface area contributed by atoms with Crippen molar-refractivity contribution in [1.82, 2.24) is 0 Å². The maximum absolute atomic E-state index is 10.8. The van der Waals surface area contributed by atoms with E-state index < -0.39 is 4.92 Å². The van der Waals surface area contributed by atoms with E-state index in [1.807, 2.05) is 13.8 Å². The largest absolute Gasteiger partial charge is 0.396 e. The van der Waals surface area contributed by atoms with Gasteiger partial charge in [-0.05, 0) is 41.8 Å². The lowest BCUT2D eigenvalue weighted by molar-refractivity contribution is -0.385. The quantitative estimate of drug-likeness (QED) is 0.646. The normalized spacial score (nSPS) is 14.1. The fourth-order valence-corrected chi connectivity index (χ4v) is 1.97. The molecule has 0 aliphatic heterocycles. The van der Waals surface area contributed by atoms with Crippen LogP contribution < -0.4 is 5.32 Å². The zero-order chi connectivity index (χ0) is 13.9. The van der Waals surface area contributed by atoms with Crippen LogP contribution in [0.5, 0.6) is 0 Å². The number of nitro benzene ring substituents is 1. The van der Waals surface area contributed by atoms with Gasteiger partial charge in [-0.15, -0.1) is 0 Å². The van der Waals surface area contributed by atoms with Gasteiger partial charge in [0.15, 0.2) is 0 Å². The van der Waals surface area contributed by atoms with Crippen LogP contribution in [0.3, 0.4) is 0 Å². The van der Waals surface area contributed by atoms with Crippen LogP contribution in [-0.2, 0) is 0 Å². The van der Waals surface area contributed by atoms with Gasteiger partial charge in [-0.3, -0.25) is 10.1 Å². The SMILES string of the molecule is Cc1cc(NC(C)C(C)CO)c(Br)cc1[N+](=O)[O-]. The zero-order valence-corrected chi connectivity index (χ0v) is 12.2. The average molecular weight is 317 g/mol. The Morgan fingerprint density at radius 2 is 2.11 bits per heavy atom. The molecule has 2 unspecified atom stereocenters. The van der Waals surface area contributed by atoms with Crippen molar-refractivity contribution in [2.45, 2.75) is 26.8 Å². The number of hydrogen-bond acceptors (Lipinski definition) is 4. The van der Waals surface area contributed by atoms with Crippen molar-refractivity contribution in [3.05, 3.63) is 32.3 Å². The van der Waals surface area contributed by atoms with E-state index in [2.05, 4.69) is 21.2 Å². The third kappa shape index (κ3) is 3.43. The second-order valence-corrected chi connectivity index (χ2v) is 5.32. The maximum atomic E-state index is 10.8. The van der Waals surface area contributed by atoms with Crippen molar-refractivity contribution in [1.29, 1.82) is 0 Å². The summed E-state index contributed by atoms with van der Waals surface area (Å²) in [5, 5.41) is 23.1. The van der Waals surface area contributed by atoms with Gasteiger partial charge >= 0.3 is 0 Å². The standard InChI is InChI=1S/C12H17BrN2O3/c1-7-4-11(14-9(3)8(2)6-16)10(13)5-12(7)15(17)18/h4-5,8-9,14,16H,6H2,1-3H3. The topological polar surface area (TPSA) is 75.4 Å². The smallest absolute Gasteiger partial charge is 0.273 e. The molecule has 2 N–H and O–H groups in total. The highest BCUT2D eigenvalue weighted by atomic mass is 79.9. The minimum absolute atomic E-state index is 0.0761. The summed E-state index contributed by atoms with van der Waals surface area (Å²) >= 11 is 3.32. The number of nitrogens with zero attached hydrogens (tertiary/aromatic N) is 1. The molecule has 0 aliphatic carbocycles. The monoisotopic (exact) mass is 316 g/mol. The number of aliphatic hydroxyl groups excluding tert-OH is 1. The molecule has 2 atom stereocenters. The van der Waals surface area contributed by atoms with E-state index in [0.717, 1.165) is 5.69 Å². The van der Waals surface area contributed by atoms with E-state index >= 15 is 0 Å². The van der Waals surface area contributed by atoms with Crippen LogP contribution in [0.25, 0.3) is 0 Å². The third-order valence-corrected chi connectivity index (χ3v) is 3.66. The molecule has 1 aromatic carbocycles. The molecule has 0 aromatic heterocycles.